The van der Waals surface area contributed by atoms with Gasteiger partial charge in [0.1, 0.15) is 11.6 Å². The minimum absolute atomic E-state index is 0.137. The maximum absolute atomic E-state index is 12.8. The lowest BCUT2D eigenvalue weighted by Crippen LogP contribution is -2.36. The van der Waals surface area contributed by atoms with Crippen LogP contribution in [-0.2, 0) is 14.3 Å². The summed E-state index contributed by atoms with van der Waals surface area (Å²) in [5.74, 6) is -1.10. The van der Waals surface area contributed by atoms with Crippen LogP contribution >= 0.6 is 11.8 Å². The summed E-state index contributed by atoms with van der Waals surface area (Å²) in [6.45, 7) is 4.24. The number of anilines is 1. The number of amides is 1. The molecule has 0 N–H and O–H groups in total. The largest absolute Gasteiger partial charge is 0.451 e. The van der Waals surface area contributed by atoms with Gasteiger partial charge in [-0.2, -0.15) is 5.26 Å². The van der Waals surface area contributed by atoms with Crippen LogP contribution < -0.4 is 4.90 Å². The van der Waals surface area contributed by atoms with E-state index in [1.54, 1.807) is 16.7 Å². The molecule has 3 rings (SSSR count). The van der Waals surface area contributed by atoms with Crippen LogP contribution in [0.25, 0.3) is 6.08 Å². The van der Waals surface area contributed by atoms with Gasteiger partial charge in [-0.15, -0.1) is 11.8 Å². The normalized spacial score (nSPS) is 16.4. The molecule has 29 heavy (non-hydrogen) atoms. The highest BCUT2D eigenvalue weighted by Crippen LogP contribution is 2.37. The van der Waals surface area contributed by atoms with E-state index in [9.17, 15) is 14.9 Å². The van der Waals surface area contributed by atoms with Crippen LogP contribution in [0.4, 0.5) is 5.69 Å². The molecule has 1 aliphatic heterocycles. The van der Waals surface area contributed by atoms with Gasteiger partial charge in [-0.1, -0.05) is 48.9 Å². The Hall–Kier alpha value is -3.04. The molecule has 0 saturated heterocycles. The Labute approximate surface area is 175 Å². The standard InChI is InChI=1S/C23H22N2O3S/c1-16-7-9-18(10-8-16)13-19(14-24)23(27)28-15-22(26)25-12-11-17(2)29-21-6-4-3-5-20(21)25/h3-10,13,17H,11-12,15H2,1-2H3/b19-13+/t17-/m1/s1. The van der Waals surface area contributed by atoms with Gasteiger partial charge >= 0.3 is 5.97 Å². The predicted octanol–water partition coefficient (Wildman–Crippen LogP) is 4.36. The number of hydrogen-bond donors (Lipinski definition) is 0. The summed E-state index contributed by atoms with van der Waals surface area (Å²) in [5, 5.41) is 9.69. The molecule has 1 heterocycles. The van der Waals surface area contributed by atoms with Crippen LogP contribution in [0.15, 0.2) is 59.0 Å². The van der Waals surface area contributed by atoms with E-state index in [0.717, 1.165) is 28.1 Å². The van der Waals surface area contributed by atoms with E-state index >= 15 is 0 Å². The van der Waals surface area contributed by atoms with E-state index < -0.39 is 12.6 Å². The molecule has 0 saturated carbocycles. The molecule has 6 heteroatoms. The zero-order chi connectivity index (χ0) is 20.8. The first-order valence-electron chi connectivity index (χ1n) is 9.39. The summed E-state index contributed by atoms with van der Waals surface area (Å²) in [4.78, 5) is 27.8. The highest BCUT2D eigenvalue weighted by molar-refractivity contribution is 8.00. The van der Waals surface area contributed by atoms with Gasteiger partial charge in [-0.3, -0.25) is 4.79 Å². The second kappa shape index (κ2) is 9.44. The predicted molar refractivity (Wildman–Crippen MR) is 114 cm³/mol. The van der Waals surface area contributed by atoms with Crippen molar-refractivity contribution in [2.75, 3.05) is 18.1 Å². The number of benzene rings is 2. The quantitative estimate of drug-likeness (QED) is 0.429. The third kappa shape index (κ3) is 5.27. The smallest absolute Gasteiger partial charge is 0.349 e. The zero-order valence-electron chi connectivity index (χ0n) is 16.4. The fraction of sp³-hybridized carbons (Fsp3) is 0.261. The maximum atomic E-state index is 12.8. The van der Waals surface area contributed by atoms with Crippen molar-refractivity contribution < 1.29 is 14.3 Å². The minimum Gasteiger partial charge on any atom is -0.451 e. The van der Waals surface area contributed by atoms with E-state index in [-0.39, 0.29) is 11.5 Å². The van der Waals surface area contributed by atoms with E-state index in [4.69, 9.17) is 4.74 Å². The lowest BCUT2D eigenvalue weighted by molar-refractivity contribution is -0.143. The number of carbonyl (C=O) groups is 2. The molecule has 5 nitrogen and oxygen atoms in total. The molecule has 0 radical (unpaired) electrons. The molecule has 1 atom stereocenters. The molecular weight excluding hydrogens is 384 g/mol. The first-order valence-corrected chi connectivity index (χ1v) is 10.3. The SMILES string of the molecule is Cc1ccc(/C=C(\C#N)C(=O)OCC(=O)N2CC[C@@H](C)Sc3ccccc32)cc1. The Morgan fingerprint density at radius 3 is 2.69 bits per heavy atom. The van der Waals surface area contributed by atoms with Crippen molar-refractivity contribution in [3.05, 3.63) is 65.2 Å². The van der Waals surface area contributed by atoms with Gasteiger partial charge in [0, 0.05) is 16.7 Å². The van der Waals surface area contributed by atoms with Crippen LogP contribution in [0.5, 0.6) is 0 Å². The molecule has 0 spiro atoms. The molecule has 2 aromatic rings. The summed E-state index contributed by atoms with van der Waals surface area (Å²) in [5.41, 5.74) is 2.50. The highest BCUT2D eigenvalue weighted by atomic mass is 32.2. The van der Waals surface area contributed by atoms with Gasteiger partial charge in [-0.05, 0) is 37.1 Å². The first kappa shape index (κ1) is 20.7. The fourth-order valence-corrected chi connectivity index (χ4v) is 4.11. The van der Waals surface area contributed by atoms with Gasteiger partial charge in [0.05, 0.1) is 5.69 Å². The van der Waals surface area contributed by atoms with E-state index in [0.29, 0.717) is 11.8 Å². The minimum atomic E-state index is -0.799. The number of nitrogens with zero attached hydrogens (tertiary/aromatic N) is 2. The lowest BCUT2D eigenvalue weighted by Gasteiger charge is -2.22. The molecule has 0 aliphatic carbocycles. The van der Waals surface area contributed by atoms with Crippen molar-refractivity contribution in [2.24, 2.45) is 0 Å². The number of thioether (sulfide) groups is 1. The maximum Gasteiger partial charge on any atom is 0.349 e. The number of ether oxygens (including phenoxy) is 1. The van der Waals surface area contributed by atoms with Crippen molar-refractivity contribution in [1.29, 1.82) is 5.26 Å². The van der Waals surface area contributed by atoms with E-state index in [2.05, 4.69) is 6.92 Å². The molecule has 0 bridgehead atoms. The highest BCUT2D eigenvalue weighted by Gasteiger charge is 2.25. The number of fused-ring (bicyclic) bond motifs is 1. The Bertz CT molecular complexity index is 976. The van der Waals surface area contributed by atoms with Crippen LogP contribution in [0.1, 0.15) is 24.5 Å². The molecule has 0 unspecified atom stereocenters. The summed E-state index contributed by atoms with van der Waals surface area (Å²) in [7, 11) is 0. The van der Waals surface area contributed by atoms with Crippen molar-refractivity contribution in [3.63, 3.8) is 0 Å². The molecule has 0 fully saturated rings. The van der Waals surface area contributed by atoms with Crippen LogP contribution in [0, 0.1) is 18.3 Å². The summed E-state index contributed by atoms with van der Waals surface area (Å²) in [6, 6.07) is 17.0. The first-order chi connectivity index (χ1) is 14.0. The molecule has 148 valence electrons. The van der Waals surface area contributed by atoms with Crippen molar-refractivity contribution in [3.8, 4) is 6.07 Å². The monoisotopic (exact) mass is 406 g/mol. The Morgan fingerprint density at radius 2 is 1.97 bits per heavy atom. The number of para-hydroxylation sites is 1. The molecule has 0 aromatic heterocycles. The average molecular weight is 407 g/mol. The van der Waals surface area contributed by atoms with Gasteiger partial charge in [-0.25, -0.2) is 4.79 Å². The van der Waals surface area contributed by atoms with Crippen molar-refractivity contribution in [1.82, 2.24) is 0 Å². The number of esters is 1. The molecule has 2 aromatic carbocycles. The second-order valence-electron chi connectivity index (χ2n) is 6.89. The Balaban J connectivity index is 1.69. The zero-order valence-corrected chi connectivity index (χ0v) is 17.2. The Morgan fingerprint density at radius 1 is 1.24 bits per heavy atom. The second-order valence-corrected chi connectivity index (χ2v) is 8.37. The fourth-order valence-electron chi connectivity index (χ4n) is 3.00. The third-order valence-corrected chi connectivity index (χ3v) is 5.84. The van der Waals surface area contributed by atoms with Gasteiger partial charge in [0.15, 0.2) is 6.61 Å². The van der Waals surface area contributed by atoms with Crippen molar-refractivity contribution in [2.45, 2.75) is 30.4 Å². The summed E-state index contributed by atoms with van der Waals surface area (Å²) in [6.07, 6.45) is 2.31. The number of rotatable bonds is 4. The van der Waals surface area contributed by atoms with E-state index in [1.807, 2.05) is 61.5 Å². The van der Waals surface area contributed by atoms with Gasteiger partial charge < -0.3 is 9.64 Å². The summed E-state index contributed by atoms with van der Waals surface area (Å²) < 4.78 is 5.16. The number of carbonyl (C=O) groups excluding carboxylic acids is 2. The van der Waals surface area contributed by atoms with E-state index in [1.165, 1.54) is 6.08 Å². The topological polar surface area (TPSA) is 70.4 Å². The van der Waals surface area contributed by atoms with Crippen molar-refractivity contribution >= 4 is 35.4 Å². The molecular formula is C23H22N2O3S. The number of nitriles is 1. The number of aryl methyl sites for hydroxylation is 1. The van der Waals surface area contributed by atoms with Crippen LogP contribution in [0.3, 0.4) is 0 Å². The molecule has 1 amide bonds. The number of hydrogen-bond acceptors (Lipinski definition) is 5. The summed E-state index contributed by atoms with van der Waals surface area (Å²) >= 11 is 1.74. The molecule has 1 aliphatic rings. The third-order valence-electron chi connectivity index (χ3n) is 4.60. The lowest BCUT2D eigenvalue weighted by atomic mass is 10.1. The average Bonchev–Trinajstić information content (AvgIpc) is 2.89. The Kier molecular flexibility index (Phi) is 6.73. The van der Waals surface area contributed by atoms with Crippen LogP contribution in [0.2, 0.25) is 0 Å². The van der Waals surface area contributed by atoms with Gasteiger partial charge in [0.2, 0.25) is 0 Å². The van der Waals surface area contributed by atoms with Crippen LogP contribution in [-0.4, -0.2) is 30.3 Å². The van der Waals surface area contributed by atoms with Gasteiger partial charge in [0.25, 0.3) is 5.91 Å².